The van der Waals surface area contributed by atoms with Gasteiger partial charge in [-0.1, -0.05) is 6.07 Å². The van der Waals surface area contributed by atoms with E-state index in [4.69, 9.17) is 9.47 Å². The second kappa shape index (κ2) is 12.2. The lowest BCUT2D eigenvalue weighted by molar-refractivity contribution is -0.274. The van der Waals surface area contributed by atoms with E-state index in [1.165, 1.54) is 25.4 Å². The molecule has 10 nitrogen and oxygen atoms in total. The maximum Gasteiger partial charge on any atom is 0.573 e. The zero-order valence-corrected chi connectivity index (χ0v) is 21.2. The van der Waals surface area contributed by atoms with Gasteiger partial charge >= 0.3 is 12.4 Å². The highest BCUT2D eigenvalue weighted by atomic mass is 19.4. The molecule has 3 heterocycles. The molecule has 1 atom stereocenters. The molecule has 1 aliphatic heterocycles. The normalized spacial score (nSPS) is 14.9. The molecule has 39 heavy (non-hydrogen) atoms. The molecule has 1 N–H and O–H groups in total. The van der Waals surface area contributed by atoms with Crippen LogP contribution in [-0.2, 0) is 16.0 Å². The van der Waals surface area contributed by atoms with Crippen molar-refractivity contribution < 1.29 is 37.0 Å². The van der Waals surface area contributed by atoms with Crippen molar-refractivity contribution in [1.82, 2.24) is 19.9 Å². The van der Waals surface area contributed by atoms with Crippen LogP contribution in [0, 0.1) is 0 Å². The summed E-state index contributed by atoms with van der Waals surface area (Å²) in [5.41, 5.74) is 1.67. The smallest absolute Gasteiger partial charge is 0.467 e. The molecule has 1 aliphatic rings. The quantitative estimate of drug-likeness (QED) is 0.403. The number of nitrogens with one attached hydrogen (secondary N) is 1. The predicted octanol–water partition coefficient (Wildman–Crippen LogP) is 3.53. The minimum atomic E-state index is -4.98. The average Bonchev–Trinajstić information content (AvgIpc) is 2.93. The number of methoxy groups -OCH3 is 1. The second-order valence-corrected chi connectivity index (χ2v) is 8.68. The van der Waals surface area contributed by atoms with Gasteiger partial charge in [0, 0.05) is 49.2 Å². The molecule has 4 rings (SSSR count). The molecule has 0 aliphatic carbocycles. The Morgan fingerprint density at radius 1 is 1.08 bits per heavy atom. The lowest BCUT2D eigenvalue weighted by Crippen LogP contribution is -2.47. The Labute approximate surface area is 222 Å². The van der Waals surface area contributed by atoms with Crippen molar-refractivity contribution in [3.63, 3.8) is 0 Å². The number of nitrogens with zero attached hydrogens (tertiary/aromatic N) is 4. The van der Waals surface area contributed by atoms with Gasteiger partial charge in [0.05, 0.1) is 37.7 Å². The van der Waals surface area contributed by atoms with Crippen LogP contribution in [-0.4, -0.2) is 77.4 Å². The summed E-state index contributed by atoms with van der Waals surface area (Å²) in [5, 5.41) is 2.49. The number of hydrogen-bond acceptors (Lipinski definition) is 9. The summed E-state index contributed by atoms with van der Waals surface area (Å²) < 4.78 is 53.3. The van der Waals surface area contributed by atoms with E-state index < -0.39 is 24.1 Å². The van der Waals surface area contributed by atoms with Crippen LogP contribution in [0.4, 0.5) is 18.9 Å². The molecular formula is C26H26F3N5O5. The Morgan fingerprint density at radius 3 is 2.41 bits per heavy atom. The van der Waals surface area contributed by atoms with Gasteiger partial charge in [-0.15, -0.1) is 13.2 Å². The number of pyridine rings is 1. The molecule has 1 unspecified atom stereocenters. The fourth-order valence-electron chi connectivity index (χ4n) is 3.92. The SMILES string of the molecule is COc1ncc(-c2ccc(CC(=O)c3ccc(OC(F)(F)F)c(NC(=O)C(C)N4CCOCC4)c3)cn2)cn1. The summed E-state index contributed by atoms with van der Waals surface area (Å²) in [6, 6.07) is 6.42. The number of hydrogen-bond donors (Lipinski definition) is 1. The lowest BCUT2D eigenvalue weighted by atomic mass is 10.0. The topological polar surface area (TPSA) is 116 Å². The van der Waals surface area contributed by atoms with E-state index in [0.29, 0.717) is 43.1 Å². The number of carbonyl (C=O) groups is 2. The molecule has 1 aromatic carbocycles. The Hall–Kier alpha value is -4.10. The number of benzene rings is 1. The third-order valence-corrected chi connectivity index (χ3v) is 6.05. The average molecular weight is 546 g/mol. The van der Waals surface area contributed by atoms with Crippen LogP contribution in [0.1, 0.15) is 22.8 Å². The van der Waals surface area contributed by atoms with Crippen LogP contribution in [0.15, 0.2) is 48.9 Å². The summed E-state index contributed by atoms with van der Waals surface area (Å²) in [5.74, 6) is -1.53. The number of morpholine rings is 1. The zero-order chi connectivity index (χ0) is 28.0. The molecule has 0 spiro atoms. The number of rotatable bonds is 9. The van der Waals surface area contributed by atoms with Crippen LogP contribution >= 0.6 is 0 Å². The highest BCUT2D eigenvalue weighted by molar-refractivity contribution is 6.01. The van der Waals surface area contributed by atoms with Gasteiger partial charge in [0.2, 0.25) is 5.91 Å². The number of Topliss-reactive ketones (excluding diaryl/α,β-unsaturated/α-hetero) is 1. The summed E-state index contributed by atoms with van der Waals surface area (Å²) in [7, 11) is 1.46. The predicted molar refractivity (Wildman–Crippen MR) is 133 cm³/mol. The molecule has 0 saturated carbocycles. The van der Waals surface area contributed by atoms with Gasteiger partial charge in [-0.25, -0.2) is 9.97 Å². The van der Waals surface area contributed by atoms with E-state index in [9.17, 15) is 22.8 Å². The van der Waals surface area contributed by atoms with Gasteiger partial charge in [-0.05, 0) is 36.8 Å². The third kappa shape index (κ3) is 7.48. The Balaban J connectivity index is 1.49. The summed E-state index contributed by atoms with van der Waals surface area (Å²) in [6.45, 7) is 3.57. The molecule has 206 valence electrons. The number of ether oxygens (including phenoxy) is 3. The van der Waals surface area contributed by atoms with Gasteiger partial charge in [-0.3, -0.25) is 19.5 Å². The molecular weight excluding hydrogens is 519 g/mol. The fourth-order valence-corrected chi connectivity index (χ4v) is 3.92. The molecule has 2 aromatic heterocycles. The number of aromatic nitrogens is 3. The van der Waals surface area contributed by atoms with E-state index in [0.717, 1.165) is 6.07 Å². The minimum absolute atomic E-state index is 0.0660. The van der Waals surface area contributed by atoms with Gasteiger partial charge < -0.3 is 19.5 Å². The Morgan fingerprint density at radius 2 is 1.79 bits per heavy atom. The first-order chi connectivity index (χ1) is 18.6. The Bertz CT molecular complexity index is 1300. The Kier molecular flexibility index (Phi) is 8.72. The lowest BCUT2D eigenvalue weighted by Gasteiger charge is -2.31. The van der Waals surface area contributed by atoms with E-state index in [1.807, 2.05) is 4.90 Å². The molecule has 0 bridgehead atoms. The summed E-state index contributed by atoms with van der Waals surface area (Å²) >= 11 is 0. The zero-order valence-electron chi connectivity index (χ0n) is 21.2. The number of carbonyl (C=O) groups excluding carboxylic acids is 2. The molecule has 3 aromatic rings. The second-order valence-electron chi connectivity index (χ2n) is 8.68. The van der Waals surface area contributed by atoms with Crippen LogP contribution in [0.2, 0.25) is 0 Å². The van der Waals surface area contributed by atoms with Crippen molar-refractivity contribution in [1.29, 1.82) is 0 Å². The van der Waals surface area contributed by atoms with Crippen molar-refractivity contribution in [2.24, 2.45) is 0 Å². The van der Waals surface area contributed by atoms with Gasteiger partial charge in [0.1, 0.15) is 0 Å². The first kappa shape index (κ1) is 27.9. The highest BCUT2D eigenvalue weighted by Gasteiger charge is 2.33. The number of anilines is 1. The fraction of sp³-hybridized carbons (Fsp3) is 0.346. The third-order valence-electron chi connectivity index (χ3n) is 6.05. The molecule has 1 saturated heterocycles. The van der Waals surface area contributed by atoms with E-state index >= 15 is 0 Å². The number of ketones is 1. The van der Waals surface area contributed by atoms with Crippen molar-refractivity contribution in [2.45, 2.75) is 25.7 Å². The van der Waals surface area contributed by atoms with Crippen molar-refractivity contribution in [2.75, 3.05) is 38.7 Å². The first-order valence-electron chi connectivity index (χ1n) is 12.0. The minimum Gasteiger partial charge on any atom is -0.467 e. The number of halogens is 3. The van der Waals surface area contributed by atoms with Gasteiger partial charge in [0.15, 0.2) is 11.5 Å². The maximum absolute atomic E-state index is 13.0. The first-order valence-corrected chi connectivity index (χ1v) is 12.0. The molecule has 1 amide bonds. The van der Waals surface area contributed by atoms with E-state index in [-0.39, 0.29) is 29.5 Å². The monoisotopic (exact) mass is 545 g/mol. The number of alkyl halides is 3. The van der Waals surface area contributed by atoms with Crippen LogP contribution in [0.5, 0.6) is 11.8 Å². The van der Waals surface area contributed by atoms with Crippen molar-refractivity contribution in [3.05, 3.63) is 60.0 Å². The number of amides is 1. The van der Waals surface area contributed by atoms with Crippen molar-refractivity contribution in [3.8, 4) is 23.0 Å². The van der Waals surface area contributed by atoms with Crippen LogP contribution < -0.4 is 14.8 Å². The van der Waals surface area contributed by atoms with Crippen molar-refractivity contribution >= 4 is 17.4 Å². The molecule has 0 radical (unpaired) electrons. The molecule has 1 fully saturated rings. The van der Waals surface area contributed by atoms with Crippen LogP contribution in [0.3, 0.4) is 0 Å². The van der Waals surface area contributed by atoms with Gasteiger partial charge in [-0.2, -0.15) is 0 Å². The van der Waals surface area contributed by atoms with E-state index in [1.54, 1.807) is 31.5 Å². The highest BCUT2D eigenvalue weighted by Crippen LogP contribution is 2.32. The van der Waals surface area contributed by atoms with E-state index in [2.05, 4.69) is 25.0 Å². The summed E-state index contributed by atoms with van der Waals surface area (Å²) in [6.07, 6.45) is -0.420. The molecule has 13 heteroatoms. The summed E-state index contributed by atoms with van der Waals surface area (Å²) in [4.78, 5) is 40.1. The van der Waals surface area contributed by atoms with Gasteiger partial charge in [0.25, 0.3) is 0 Å². The largest absolute Gasteiger partial charge is 0.573 e. The standard InChI is InChI=1S/C26H26F3N5O5/c1-16(34-7-9-38-10-8-34)24(36)33-21-12-18(4-6-23(21)39-26(27,28)29)22(35)11-17-3-5-20(30-13-17)19-14-31-25(37-2)32-15-19/h3-6,12-16H,7-11H2,1-2H3,(H,33,36). The van der Waals surface area contributed by atoms with Crippen LogP contribution in [0.25, 0.3) is 11.3 Å². The maximum atomic E-state index is 13.0.